The van der Waals surface area contributed by atoms with Crippen molar-refractivity contribution in [3.8, 4) is 17.2 Å². The number of fused-ring (bicyclic) bond motifs is 8. The quantitative estimate of drug-likeness (QED) is 0.0624. The molecule has 5 aromatic rings. The minimum absolute atomic E-state index is 0.00686. The molecule has 0 aliphatic carbocycles. The number of Topliss-reactive ketones (excluding diaryl/α,β-unsaturated/α-hetero) is 2. The first-order chi connectivity index (χ1) is 36.7. The van der Waals surface area contributed by atoms with Crippen LogP contribution in [0.3, 0.4) is 0 Å². The fraction of sp³-hybridized carbons (Fsp3) is 0.373. The summed E-state index contributed by atoms with van der Waals surface area (Å²) in [5, 5.41) is 8.03. The number of ether oxygens (including phenoxy) is 3. The number of rotatable bonds is 21. The van der Waals surface area contributed by atoms with E-state index >= 15 is 0 Å². The second-order valence-corrected chi connectivity index (χ2v) is 20.1. The number of likely N-dealkylation sites (N-methyl/N-ethyl adjacent to an activating group) is 2. The molecule has 0 spiro atoms. The summed E-state index contributed by atoms with van der Waals surface area (Å²) < 4.78 is 18.9. The Balaban J connectivity index is 0.887. The van der Waals surface area contributed by atoms with Gasteiger partial charge in [0.1, 0.15) is 24.7 Å². The predicted octanol–water partition coefficient (Wildman–Crippen LogP) is 7.26. The number of anilines is 5. The van der Waals surface area contributed by atoms with Crippen LogP contribution in [0.1, 0.15) is 99.9 Å². The van der Waals surface area contributed by atoms with Crippen molar-refractivity contribution < 1.29 is 47.8 Å². The Morgan fingerprint density at radius 3 is 1.72 bits per heavy atom. The first-order valence-corrected chi connectivity index (χ1v) is 26.0. The van der Waals surface area contributed by atoms with Crippen molar-refractivity contribution in [2.75, 3.05) is 72.8 Å². The topological polar surface area (TPSA) is 196 Å². The molecule has 4 aliphatic rings. The normalized spacial score (nSPS) is 16.0. The monoisotopic (exact) mass is 1030 g/mol. The first kappa shape index (κ1) is 52.6. The summed E-state index contributed by atoms with van der Waals surface area (Å²) in [4.78, 5) is 98.8. The van der Waals surface area contributed by atoms with Crippen molar-refractivity contribution in [2.45, 2.75) is 96.4 Å². The van der Waals surface area contributed by atoms with E-state index < -0.39 is 11.8 Å². The van der Waals surface area contributed by atoms with Crippen LogP contribution in [0, 0.1) is 6.92 Å². The molecule has 2 atom stereocenters. The number of ketones is 2. The number of hydrogen-bond donors (Lipinski definition) is 3. The third-order valence-corrected chi connectivity index (χ3v) is 14.7. The maximum Gasteiger partial charge on any atom is 0.260 e. The van der Waals surface area contributed by atoms with E-state index in [4.69, 9.17) is 14.2 Å². The second kappa shape index (κ2) is 23.1. The molecule has 4 aliphatic heterocycles. The van der Waals surface area contributed by atoms with Crippen molar-refractivity contribution in [2.24, 2.45) is 0 Å². The number of methoxy groups -OCH3 is 1. The van der Waals surface area contributed by atoms with Crippen molar-refractivity contribution in [1.82, 2.24) is 10.6 Å². The number of carbonyl (C=O) groups excluding carboxylic acids is 7. The summed E-state index contributed by atoms with van der Waals surface area (Å²) in [7, 11) is 7.05. The van der Waals surface area contributed by atoms with Gasteiger partial charge in [-0.1, -0.05) is 36.4 Å². The lowest BCUT2D eigenvalue weighted by atomic mass is 10.1. The molecule has 9 rings (SSSR count). The number of nitrogens with one attached hydrogen (secondary N) is 3. The Labute approximate surface area is 442 Å². The summed E-state index contributed by atoms with van der Waals surface area (Å²) in [6.45, 7) is 3.02. The van der Waals surface area contributed by atoms with Crippen LogP contribution in [0.15, 0.2) is 91.0 Å². The molecular weight excluding hydrogens is 967 g/mol. The maximum atomic E-state index is 14.3. The van der Waals surface area contributed by atoms with Crippen molar-refractivity contribution >= 4 is 69.5 Å². The van der Waals surface area contributed by atoms with Gasteiger partial charge in [0, 0.05) is 102 Å². The second-order valence-electron chi connectivity index (χ2n) is 20.1. The van der Waals surface area contributed by atoms with E-state index in [0.717, 1.165) is 46.6 Å². The number of nitrogens with zero attached hydrogens (tertiary/aromatic N) is 4. The van der Waals surface area contributed by atoms with E-state index in [1.807, 2.05) is 91.5 Å². The van der Waals surface area contributed by atoms with Crippen molar-refractivity contribution in [3.05, 3.63) is 130 Å². The SMILES string of the molecule is CNC(=O)CCCCC(=O)CCC(=O)NCC(=O)CCC(=O)Nc1cc(COc2cc3c(cc2C)C(=O)N2c4ccccc4C[C@H]2CN3C)cc(COc2cc3c(cc2OC)C(=O)N2c4ccccc4C[C@H]2CN3C)c1. The summed E-state index contributed by atoms with van der Waals surface area (Å²) in [6.07, 6.45) is 2.96. The van der Waals surface area contributed by atoms with Crippen molar-refractivity contribution in [3.63, 3.8) is 0 Å². The van der Waals surface area contributed by atoms with Gasteiger partial charge in [-0.3, -0.25) is 33.6 Å². The Hall–Kier alpha value is -8.21. The van der Waals surface area contributed by atoms with Crippen LogP contribution in [0.5, 0.6) is 17.2 Å². The summed E-state index contributed by atoms with van der Waals surface area (Å²) in [5.41, 5.74) is 9.34. The van der Waals surface area contributed by atoms with Gasteiger partial charge in [0.25, 0.3) is 11.8 Å². The molecule has 5 amide bonds. The van der Waals surface area contributed by atoms with E-state index in [1.165, 1.54) is 7.11 Å². The molecule has 0 saturated heterocycles. The zero-order chi connectivity index (χ0) is 53.6. The minimum atomic E-state index is -0.436. The number of amides is 5. The van der Waals surface area contributed by atoms with Gasteiger partial charge >= 0.3 is 0 Å². The Morgan fingerprint density at radius 1 is 0.579 bits per heavy atom. The van der Waals surface area contributed by atoms with E-state index in [9.17, 15) is 33.6 Å². The maximum absolute atomic E-state index is 14.3. The largest absolute Gasteiger partial charge is 0.493 e. The molecule has 0 bridgehead atoms. The van der Waals surface area contributed by atoms with Crippen LogP contribution in [-0.2, 0) is 50.0 Å². The molecule has 17 nitrogen and oxygen atoms in total. The smallest absolute Gasteiger partial charge is 0.260 e. The summed E-state index contributed by atoms with van der Waals surface area (Å²) in [5.74, 6) is -0.146. The number of carbonyl (C=O) groups is 7. The number of benzene rings is 5. The Kier molecular flexibility index (Phi) is 16.0. The highest BCUT2D eigenvalue weighted by Crippen LogP contribution is 2.43. The molecule has 5 aromatic carbocycles. The third kappa shape index (κ3) is 11.7. The van der Waals surface area contributed by atoms with Crippen molar-refractivity contribution in [1.29, 1.82) is 0 Å². The zero-order valence-electron chi connectivity index (χ0n) is 43.8. The van der Waals surface area contributed by atoms with Crippen LogP contribution in [0.2, 0.25) is 0 Å². The summed E-state index contributed by atoms with van der Waals surface area (Å²) >= 11 is 0. The van der Waals surface area contributed by atoms with Gasteiger partial charge in [-0.05, 0) is 103 Å². The predicted molar refractivity (Wildman–Crippen MR) is 290 cm³/mol. The molecule has 0 aromatic heterocycles. The number of hydrogen-bond acceptors (Lipinski definition) is 12. The zero-order valence-corrected chi connectivity index (χ0v) is 43.8. The molecule has 3 N–H and O–H groups in total. The van der Waals surface area contributed by atoms with Gasteiger partial charge < -0.3 is 49.8 Å². The lowest BCUT2D eigenvalue weighted by Gasteiger charge is -2.25. The van der Waals surface area contributed by atoms with Gasteiger partial charge in [-0.25, -0.2) is 0 Å². The number of aryl methyl sites for hydroxylation is 1. The standard InChI is InChI=1S/C59H65N7O10/c1-36-22-46-50(63(3)32-42-26-39-12-6-9-15-48(39)65(42)58(46)72)29-52(36)75-34-37-23-38(25-41(24-37)62-57(71)21-19-45(68)31-61-56(70)20-18-44(67)14-8-11-17-55(69)60-2)35-76-54-30-51-47(28-53(54)74-5)59(73)66-43(33-64(51)4)27-40-13-7-10-16-49(40)66/h6-7,9-10,12-13,15-16,22-25,28-30,42-43H,8,11,14,17-21,26-27,31-35H2,1-5H3,(H,60,69)(H,61,70)(H,62,71)/t42-,43-/m0/s1. The van der Waals surface area contributed by atoms with Gasteiger partial charge in [0.05, 0.1) is 48.2 Å². The molecule has 0 saturated carbocycles. The lowest BCUT2D eigenvalue weighted by molar-refractivity contribution is -0.127. The highest BCUT2D eigenvalue weighted by Gasteiger charge is 2.41. The Morgan fingerprint density at radius 2 is 1.12 bits per heavy atom. The molecule has 4 heterocycles. The average molecular weight is 1030 g/mol. The van der Waals surface area contributed by atoms with Gasteiger partial charge in [-0.2, -0.15) is 0 Å². The molecule has 17 heteroatoms. The Bertz CT molecular complexity index is 3100. The number of unbranched alkanes of at least 4 members (excludes halogenated alkanes) is 1. The lowest BCUT2D eigenvalue weighted by Crippen LogP contribution is -2.41. The van der Waals surface area contributed by atoms with Crippen LogP contribution in [-0.4, -0.2) is 101 Å². The van der Waals surface area contributed by atoms with Crippen LogP contribution < -0.4 is 49.8 Å². The van der Waals surface area contributed by atoms with E-state index in [0.29, 0.717) is 83.2 Å². The first-order valence-electron chi connectivity index (χ1n) is 26.0. The fourth-order valence-corrected chi connectivity index (χ4v) is 10.8. The minimum Gasteiger partial charge on any atom is -0.493 e. The van der Waals surface area contributed by atoms with E-state index in [2.05, 4.69) is 37.9 Å². The molecule has 0 radical (unpaired) electrons. The third-order valence-electron chi connectivity index (χ3n) is 14.7. The van der Waals surface area contributed by atoms with Gasteiger partial charge in [0.15, 0.2) is 17.3 Å². The average Bonchev–Trinajstić information content (AvgIpc) is 3.92. The van der Waals surface area contributed by atoms with Gasteiger partial charge in [0.2, 0.25) is 17.7 Å². The van der Waals surface area contributed by atoms with Gasteiger partial charge in [-0.15, -0.1) is 0 Å². The highest BCUT2D eigenvalue weighted by atomic mass is 16.5. The van der Waals surface area contributed by atoms with Crippen LogP contribution in [0.25, 0.3) is 0 Å². The molecule has 396 valence electrons. The number of para-hydroxylation sites is 2. The molecule has 0 fully saturated rings. The molecule has 0 unspecified atom stereocenters. The van der Waals surface area contributed by atoms with Crippen LogP contribution >= 0.6 is 0 Å². The molecular formula is C59H65N7O10. The van der Waals surface area contributed by atoms with E-state index in [-0.39, 0.29) is 93.2 Å². The highest BCUT2D eigenvalue weighted by molar-refractivity contribution is 6.13. The fourth-order valence-electron chi connectivity index (χ4n) is 10.8. The van der Waals surface area contributed by atoms with E-state index in [1.54, 1.807) is 25.2 Å². The summed E-state index contributed by atoms with van der Waals surface area (Å²) in [6, 6.07) is 28.9. The van der Waals surface area contributed by atoms with Crippen LogP contribution in [0.4, 0.5) is 28.4 Å². The molecule has 76 heavy (non-hydrogen) atoms.